The minimum Gasteiger partial charge on any atom is -0.481 e. The van der Waals surface area contributed by atoms with Gasteiger partial charge >= 0.3 is 5.97 Å². The SMILES string of the molecule is Cn1cc(C(=O)Nc2cc(F)c(CC(=O)N3C[C@@H](N4CCCO4)C[C@H]3COC3CCC(C(=O)O)CC3)cc2Cl)c2ccccc21. The van der Waals surface area contributed by atoms with Crippen LogP contribution in [0.15, 0.2) is 42.6 Å². The van der Waals surface area contributed by atoms with Gasteiger partial charge in [0.25, 0.3) is 5.91 Å². The van der Waals surface area contributed by atoms with Crippen LogP contribution >= 0.6 is 11.6 Å². The van der Waals surface area contributed by atoms with E-state index in [0.717, 1.165) is 29.9 Å². The van der Waals surface area contributed by atoms with Gasteiger partial charge in [-0.3, -0.25) is 19.2 Å². The normalized spacial score (nSPS) is 23.9. The summed E-state index contributed by atoms with van der Waals surface area (Å²) in [5.41, 5.74) is 1.60. The molecule has 3 fully saturated rings. The lowest BCUT2D eigenvalue weighted by molar-refractivity contribution is -0.144. The van der Waals surface area contributed by atoms with E-state index in [-0.39, 0.29) is 52.7 Å². The fraction of sp³-hybridized carbons (Fsp3) is 0.485. The van der Waals surface area contributed by atoms with Crippen molar-refractivity contribution in [3.63, 3.8) is 0 Å². The maximum Gasteiger partial charge on any atom is 0.306 e. The van der Waals surface area contributed by atoms with E-state index in [4.69, 9.17) is 21.2 Å². The van der Waals surface area contributed by atoms with Crippen LogP contribution in [-0.2, 0) is 32.6 Å². The molecule has 0 spiro atoms. The predicted molar refractivity (Wildman–Crippen MR) is 167 cm³/mol. The van der Waals surface area contributed by atoms with Gasteiger partial charge in [-0.25, -0.2) is 4.39 Å². The quantitative estimate of drug-likeness (QED) is 0.337. The van der Waals surface area contributed by atoms with Crippen molar-refractivity contribution >= 4 is 46.0 Å². The van der Waals surface area contributed by atoms with Crippen molar-refractivity contribution in [2.45, 2.75) is 63.1 Å². The number of rotatable bonds is 9. The van der Waals surface area contributed by atoms with Crippen LogP contribution in [0.4, 0.5) is 10.1 Å². The molecule has 0 bridgehead atoms. The summed E-state index contributed by atoms with van der Waals surface area (Å²) in [7, 11) is 1.85. The Labute approximate surface area is 266 Å². The molecule has 2 aromatic carbocycles. The van der Waals surface area contributed by atoms with Crippen LogP contribution in [0, 0.1) is 11.7 Å². The number of nitrogens with zero attached hydrogens (tertiary/aromatic N) is 3. The van der Waals surface area contributed by atoms with Gasteiger partial charge in [0.05, 0.1) is 60.0 Å². The van der Waals surface area contributed by atoms with Crippen LogP contribution in [0.1, 0.15) is 54.4 Å². The largest absolute Gasteiger partial charge is 0.481 e. The smallest absolute Gasteiger partial charge is 0.306 e. The standard InChI is InChI=1S/C33H38ClFN4O6/c1-37-18-26(25-5-2-3-6-30(25)37)32(41)36-29-16-28(35)21(13-27(29)34)14-31(40)38-17-22(39-11-4-12-45-39)15-23(38)19-44-24-9-7-20(8-10-24)33(42)43/h2-3,5-6,13,16,18,20,22-24H,4,7-12,14-15,17,19H2,1H3,(H,36,41)(H,42,43)/t20?,22-,23-,24?/m0/s1. The highest BCUT2D eigenvalue weighted by atomic mass is 35.5. The predicted octanol–water partition coefficient (Wildman–Crippen LogP) is 5.03. The highest BCUT2D eigenvalue weighted by Crippen LogP contribution is 2.32. The summed E-state index contributed by atoms with van der Waals surface area (Å²) >= 11 is 6.51. The van der Waals surface area contributed by atoms with Crippen LogP contribution in [0.3, 0.4) is 0 Å². The molecule has 2 N–H and O–H groups in total. The molecule has 0 radical (unpaired) electrons. The molecule has 240 valence electrons. The van der Waals surface area contributed by atoms with Gasteiger partial charge in [0.2, 0.25) is 5.91 Å². The molecule has 10 nitrogen and oxygen atoms in total. The lowest BCUT2D eigenvalue weighted by Gasteiger charge is -2.30. The average molecular weight is 641 g/mol. The number of benzene rings is 2. The Kier molecular flexibility index (Phi) is 9.41. The Hall–Kier alpha value is -3.51. The summed E-state index contributed by atoms with van der Waals surface area (Å²) in [4.78, 5) is 45.6. The number of carboxylic acids is 1. The lowest BCUT2D eigenvalue weighted by atomic mass is 9.87. The van der Waals surface area contributed by atoms with Crippen molar-refractivity contribution in [1.29, 1.82) is 0 Å². The molecule has 0 unspecified atom stereocenters. The molecular formula is C33H38ClFN4O6. The Balaban J connectivity index is 1.12. The molecule has 1 aromatic heterocycles. The molecule has 2 atom stereocenters. The van der Waals surface area contributed by atoms with Gasteiger partial charge in [-0.05, 0) is 62.3 Å². The van der Waals surface area contributed by atoms with E-state index in [1.165, 1.54) is 6.07 Å². The van der Waals surface area contributed by atoms with Gasteiger partial charge in [-0.15, -0.1) is 0 Å². The monoisotopic (exact) mass is 640 g/mol. The minimum atomic E-state index is -0.762. The second-order valence-electron chi connectivity index (χ2n) is 12.3. The topological polar surface area (TPSA) is 113 Å². The summed E-state index contributed by atoms with van der Waals surface area (Å²) in [6.45, 7) is 2.19. The first kappa shape index (κ1) is 31.5. The summed E-state index contributed by atoms with van der Waals surface area (Å²) in [5, 5.41) is 14.9. The number of hydrogen-bond acceptors (Lipinski definition) is 6. The molecule has 2 saturated heterocycles. The number of hydroxylamine groups is 2. The Morgan fingerprint density at radius 3 is 2.67 bits per heavy atom. The van der Waals surface area contributed by atoms with Crippen molar-refractivity contribution in [2.24, 2.45) is 13.0 Å². The molecule has 1 aliphatic carbocycles. The highest BCUT2D eigenvalue weighted by molar-refractivity contribution is 6.34. The number of carboxylic acid groups (broad SMARTS) is 1. The summed E-state index contributed by atoms with van der Waals surface area (Å²) in [5.74, 6) is -2.39. The van der Waals surface area contributed by atoms with Crippen molar-refractivity contribution in [2.75, 3.05) is 31.6 Å². The number of amides is 2. The maximum absolute atomic E-state index is 15.4. The molecule has 3 aliphatic rings. The van der Waals surface area contributed by atoms with Crippen molar-refractivity contribution < 1.29 is 33.5 Å². The van der Waals surface area contributed by atoms with Gasteiger partial charge in [0, 0.05) is 37.2 Å². The highest BCUT2D eigenvalue weighted by Gasteiger charge is 2.40. The zero-order valence-corrected chi connectivity index (χ0v) is 26.0. The zero-order valence-electron chi connectivity index (χ0n) is 25.2. The van der Waals surface area contributed by atoms with E-state index in [1.807, 2.05) is 40.9 Å². The van der Waals surface area contributed by atoms with E-state index in [9.17, 15) is 19.5 Å². The number of hydrogen-bond donors (Lipinski definition) is 2. The number of ether oxygens (including phenoxy) is 1. The maximum atomic E-state index is 15.4. The first-order valence-corrected chi connectivity index (χ1v) is 15.9. The first-order chi connectivity index (χ1) is 21.7. The van der Waals surface area contributed by atoms with Gasteiger partial charge < -0.3 is 24.6 Å². The van der Waals surface area contributed by atoms with Gasteiger partial charge in [-0.1, -0.05) is 29.8 Å². The van der Waals surface area contributed by atoms with Gasteiger partial charge in [0.15, 0.2) is 0 Å². The fourth-order valence-corrected chi connectivity index (χ4v) is 7.07. The molecule has 1 saturated carbocycles. The van der Waals surface area contributed by atoms with E-state index in [1.54, 1.807) is 11.1 Å². The van der Waals surface area contributed by atoms with Crippen molar-refractivity contribution in [3.8, 4) is 0 Å². The number of nitrogens with one attached hydrogen (secondary N) is 1. The molecule has 45 heavy (non-hydrogen) atoms. The van der Waals surface area contributed by atoms with Crippen molar-refractivity contribution in [1.82, 2.24) is 14.5 Å². The second kappa shape index (κ2) is 13.5. The van der Waals surface area contributed by atoms with Crippen LogP contribution < -0.4 is 5.32 Å². The number of aliphatic carboxylic acids is 1. The van der Waals surface area contributed by atoms with E-state index >= 15 is 4.39 Å². The second-order valence-corrected chi connectivity index (χ2v) is 12.7. The number of para-hydroxylation sites is 1. The van der Waals surface area contributed by atoms with E-state index < -0.39 is 17.7 Å². The van der Waals surface area contributed by atoms with Crippen molar-refractivity contribution in [3.05, 3.63) is 64.6 Å². The van der Waals surface area contributed by atoms with E-state index in [0.29, 0.717) is 57.4 Å². The number of aromatic nitrogens is 1. The summed E-state index contributed by atoms with van der Waals surface area (Å²) in [6.07, 6.45) is 5.56. The average Bonchev–Trinajstić information content (AvgIpc) is 3.78. The number of likely N-dealkylation sites (tertiary alicyclic amines) is 1. The molecule has 2 amide bonds. The number of carbonyl (C=O) groups is 3. The third kappa shape index (κ3) is 6.86. The third-order valence-electron chi connectivity index (χ3n) is 9.32. The Morgan fingerprint density at radius 1 is 1.16 bits per heavy atom. The molecule has 3 heterocycles. The van der Waals surface area contributed by atoms with Crippen LogP contribution in [0.5, 0.6) is 0 Å². The first-order valence-electron chi connectivity index (χ1n) is 15.5. The number of halogens is 2. The Morgan fingerprint density at radius 2 is 1.93 bits per heavy atom. The fourth-order valence-electron chi connectivity index (χ4n) is 6.84. The lowest BCUT2D eigenvalue weighted by Crippen LogP contribution is -2.41. The number of anilines is 1. The number of fused-ring (bicyclic) bond motifs is 1. The van der Waals surface area contributed by atoms with Gasteiger partial charge in [0.1, 0.15) is 5.82 Å². The van der Waals surface area contributed by atoms with Gasteiger partial charge in [-0.2, -0.15) is 5.06 Å². The van der Waals surface area contributed by atoms with Crippen LogP contribution in [0.25, 0.3) is 10.9 Å². The van der Waals surface area contributed by atoms with Crippen LogP contribution in [0.2, 0.25) is 5.02 Å². The summed E-state index contributed by atoms with van der Waals surface area (Å²) in [6, 6.07) is 9.85. The molecule has 12 heteroatoms. The zero-order chi connectivity index (χ0) is 31.7. The number of aryl methyl sites for hydroxylation is 1. The summed E-state index contributed by atoms with van der Waals surface area (Å²) < 4.78 is 23.5. The molecule has 6 rings (SSSR count). The van der Waals surface area contributed by atoms with Crippen LogP contribution in [-0.4, -0.2) is 81.9 Å². The molecule has 3 aromatic rings. The third-order valence-corrected chi connectivity index (χ3v) is 9.63. The molecular weight excluding hydrogens is 603 g/mol. The molecule has 2 aliphatic heterocycles. The minimum absolute atomic E-state index is 0.00730. The number of carbonyl (C=O) groups excluding carboxylic acids is 2. The van der Waals surface area contributed by atoms with E-state index in [2.05, 4.69) is 5.32 Å². The Bertz CT molecular complexity index is 1580.